The van der Waals surface area contributed by atoms with E-state index in [2.05, 4.69) is 27.7 Å². The second-order valence-electron chi connectivity index (χ2n) is 8.21. The van der Waals surface area contributed by atoms with E-state index in [-0.39, 0.29) is 12.1 Å². The Labute approximate surface area is 194 Å². The molecule has 1 fully saturated rings. The van der Waals surface area contributed by atoms with Gasteiger partial charge in [0.25, 0.3) is 11.8 Å². The Hall–Kier alpha value is -3.73. The van der Waals surface area contributed by atoms with Crippen molar-refractivity contribution in [2.24, 2.45) is 0 Å². The molecule has 1 saturated carbocycles. The molecule has 0 aliphatic heterocycles. The van der Waals surface area contributed by atoms with Crippen molar-refractivity contribution in [1.82, 2.24) is 15.4 Å². The van der Waals surface area contributed by atoms with Gasteiger partial charge in [0.15, 0.2) is 0 Å². The zero-order valence-electron chi connectivity index (χ0n) is 19.4. The molecule has 0 atom stereocenters. The lowest BCUT2D eigenvalue weighted by atomic mass is 9.95. The van der Waals surface area contributed by atoms with Crippen molar-refractivity contribution in [1.29, 1.82) is 5.26 Å². The largest absolute Gasteiger partial charge is 0.495 e. The van der Waals surface area contributed by atoms with Crippen molar-refractivity contribution in [3.8, 4) is 11.8 Å². The second kappa shape index (κ2) is 11.2. The van der Waals surface area contributed by atoms with E-state index in [1.165, 1.54) is 19.3 Å². The minimum Gasteiger partial charge on any atom is -0.495 e. The first kappa shape index (κ1) is 23.9. The number of nitrogens with one attached hydrogen (secondary N) is 3. The smallest absolute Gasteiger partial charge is 0.280 e. The third-order valence-electron chi connectivity index (χ3n) is 5.99. The summed E-state index contributed by atoms with van der Waals surface area (Å²) in [6.07, 6.45) is 7.62. The predicted octanol–water partition coefficient (Wildman–Crippen LogP) is 3.79. The van der Waals surface area contributed by atoms with Crippen LogP contribution < -0.4 is 20.9 Å². The summed E-state index contributed by atoms with van der Waals surface area (Å²) in [5.41, 5.74) is 8.25. The Kier molecular flexibility index (Phi) is 8.14. The van der Waals surface area contributed by atoms with Crippen LogP contribution in [-0.2, 0) is 9.59 Å². The van der Waals surface area contributed by atoms with Gasteiger partial charge < -0.3 is 14.6 Å². The number of rotatable bonds is 7. The number of carbonyl (C=O) groups excluding carboxylic acids is 2. The van der Waals surface area contributed by atoms with Crippen molar-refractivity contribution in [2.45, 2.75) is 52.0 Å². The lowest BCUT2D eigenvalue weighted by Gasteiger charge is -2.26. The molecule has 1 aromatic heterocycles. The highest BCUT2D eigenvalue weighted by molar-refractivity contribution is 6.02. The number of benzene rings is 1. The molecule has 0 spiro atoms. The molecule has 1 heterocycles. The first-order valence-corrected chi connectivity index (χ1v) is 11.2. The van der Waals surface area contributed by atoms with Crippen LogP contribution >= 0.6 is 0 Å². The molecule has 0 radical (unpaired) electrons. The lowest BCUT2D eigenvalue weighted by molar-refractivity contribution is -0.125. The van der Waals surface area contributed by atoms with Crippen molar-refractivity contribution >= 4 is 23.6 Å². The molecule has 8 heteroatoms. The average Bonchev–Trinajstić information content (AvgIpc) is 3.12. The summed E-state index contributed by atoms with van der Waals surface area (Å²) in [4.78, 5) is 24.6. The standard InChI is InChI=1S/C25H31N5O3/c1-17-13-19(18(2)30(17)21-9-5-4-6-10-21)14-20(15-26)25(32)29-28-24(31)16-27-22-11-7-8-12-23(22)33-3/h7-8,11-14,21,27H,4-6,9-10,16H2,1-3H3,(H,28,31)(H,29,32)/b20-14+. The van der Waals surface area contributed by atoms with Crippen molar-refractivity contribution < 1.29 is 14.3 Å². The van der Waals surface area contributed by atoms with Gasteiger partial charge in [-0.2, -0.15) is 5.26 Å². The third-order valence-corrected chi connectivity index (χ3v) is 5.99. The van der Waals surface area contributed by atoms with Crippen LogP contribution in [0, 0.1) is 25.2 Å². The van der Waals surface area contributed by atoms with E-state index in [0.717, 1.165) is 29.8 Å². The predicted molar refractivity (Wildman–Crippen MR) is 127 cm³/mol. The van der Waals surface area contributed by atoms with Gasteiger partial charge in [0.2, 0.25) is 0 Å². The number of hydrogen-bond acceptors (Lipinski definition) is 5. The number of aromatic nitrogens is 1. The van der Waals surface area contributed by atoms with Crippen LogP contribution in [0.4, 0.5) is 5.69 Å². The van der Waals surface area contributed by atoms with E-state index < -0.39 is 11.8 Å². The van der Waals surface area contributed by atoms with Crippen molar-refractivity contribution in [2.75, 3.05) is 19.0 Å². The number of aryl methyl sites for hydroxylation is 1. The molecular formula is C25H31N5O3. The zero-order valence-corrected chi connectivity index (χ0v) is 19.4. The number of methoxy groups -OCH3 is 1. The molecule has 1 aromatic carbocycles. The molecule has 8 nitrogen and oxygen atoms in total. The fraction of sp³-hybridized carbons (Fsp3) is 0.400. The summed E-state index contributed by atoms with van der Waals surface area (Å²) < 4.78 is 7.55. The number of hydrazine groups is 1. The molecule has 0 saturated heterocycles. The highest BCUT2D eigenvalue weighted by atomic mass is 16.5. The molecule has 1 aliphatic rings. The number of nitrogens with zero attached hydrogens (tertiary/aromatic N) is 2. The molecule has 1 aliphatic carbocycles. The molecule has 174 valence electrons. The van der Waals surface area contributed by atoms with Crippen LogP contribution in [0.25, 0.3) is 6.08 Å². The summed E-state index contributed by atoms with van der Waals surface area (Å²) in [5.74, 6) is -0.512. The number of hydrogen-bond donors (Lipinski definition) is 3. The fourth-order valence-corrected chi connectivity index (χ4v) is 4.36. The van der Waals surface area contributed by atoms with E-state index in [1.54, 1.807) is 25.3 Å². The number of amides is 2. The van der Waals surface area contributed by atoms with Gasteiger partial charge in [0.1, 0.15) is 17.4 Å². The van der Waals surface area contributed by atoms with Gasteiger partial charge in [-0.05, 0) is 56.5 Å². The van der Waals surface area contributed by atoms with Crippen LogP contribution in [-0.4, -0.2) is 30.0 Å². The first-order chi connectivity index (χ1) is 15.9. The van der Waals surface area contributed by atoms with Crippen LogP contribution in [0.1, 0.15) is 55.1 Å². The normalized spacial score (nSPS) is 14.3. The Morgan fingerprint density at radius 2 is 1.91 bits per heavy atom. The van der Waals surface area contributed by atoms with Gasteiger partial charge in [-0.1, -0.05) is 31.4 Å². The van der Waals surface area contributed by atoms with Crippen LogP contribution in [0.5, 0.6) is 5.75 Å². The van der Waals surface area contributed by atoms with Crippen molar-refractivity contribution in [3.05, 3.63) is 52.9 Å². The summed E-state index contributed by atoms with van der Waals surface area (Å²) in [5, 5.41) is 12.5. The molecule has 3 N–H and O–H groups in total. The summed E-state index contributed by atoms with van der Waals surface area (Å²) in [6.45, 7) is 4.00. The monoisotopic (exact) mass is 449 g/mol. The van der Waals surface area contributed by atoms with Gasteiger partial charge in [0.05, 0.1) is 19.3 Å². The van der Waals surface area contributed by atoms with Crippen LogP contribution in [0.3, 0.4) is 0 Å². The Balaban J connectivity index is 1.61. The quantitative estimate of drug-likeness (QED) is 0.339. The average molecular weight is 450 g/mol. The maximum atomic E-state index is 12.5. The Bertz CT molecular complexity index is 1070. The Morgan fingerprint density at radius 3 is 2.61 bits per heavy atom. The maximum absolute atomic E-state index is 12.5. The van der Waals surface area contributed by atoms with E-state index in [9.17, 15) is 14.9 Å². The number of ether oxygens (including phenoxy) is 1. The van der Waals surface area contributed by atoms with E-state index in [4.69, 9.17) is 4.74 Å². The third kappa shape index (κ3) is 5.95. The summed E-state index contributed by atoms with van der Waals surface area (Å²) >= 11 is 0. The number of para-hydroxylation sites is 2. The molecule has 33 heavy (non-hydrogen) atoms. The Morgan fingerprint density at radius 1 is 1.18 bits per heavy atom. The highest BCUT2D eigenvalue weighted by Crippen LogP contribution is 2.32. The fourth-order valence-electron chi connectivity index (χ4n) is 4.36. The van der Waals surface area contributed by atoms with Crippen LogP contribution in [0.2, 0.25) is 0 Å². The zero-order chi connectivity index (χ0) is 23.8. The molecule has 2 aromatic rings. The van der Waals surface area contributed by atoms with E-state index >= 15 is 0 Å². The van der Waals surface area contributed by atoms with Crippen LogP contribution in [0.15, 0.2) is 35.9 Å². The molecule has 0 unspecified atom stereocenters. The van der Waals surface area contributed by atoms with E-state index in [1.807, 2.05) is 31.2 Å². The summed E-state index contributed by atoms with van der Waals surface area (Å²) in [7, 11) is 1.54. The molecular weight excluding hydrogens is 418 g/mol. The minimum atomic E-state index is -0.661. The first-order valence-electron chi connectivity index (χ1n) is 11.2. The van der Waals surface area contributed by atoms with Gasteiger partial charge in [-0.15, -0.1) is 0 Å². The van der Waals surface area contributed by atoms with Gasteiger partial charge in [-0.25, -0.2) is 0 Å². The second-order valence-corrected chi connectivity index (χ2v) is 8.21. The number of anilines is 1. The molecule has 0 bridgehead atoms. The number of nitriles is 1. The summed E-state index contributed by atoms with van der Waals surface area (Å²) in [6, 6.07) is 11.6. The molecule has 2 amide bonds. The minimum absolute atomic E-state index is 0.0723. The number of carbonyl (C=O) groups is 2. The van der Waals surface area contributed by atoms with Crippen molar-refractivity contribution in [3.63, 3.8) is 0 Å². The molecule has 3 rings (SSSR count). The lowest BCUT2D eigenvalue weighted by Crippen LogP contribution is -2.44. The SMILES string of the molecule is COc1ccccc1NCC(=O)NNC(=O)/C(C#N)=C/c1cc(C)n(C2CCCCC2)c1C. The van der Waals surface area contributed by atoms with Gasteiger partial charge in [0, 0.05) is 17.4 Å². The highest BCUT2D eigenvalue weighted by Gasteiger charge is 2.20. The van der Waals surface area contributed by atoms with Gasteiger partial charge >= 0.3 is 0 Å². The van der Waals surface area contributed by atoms with Gasteiger partial charge in [-0.3, -0.25) is 20.4 Å². The topological polar surface area (TPSA) is 108 Å². The van der Waals surface area contributed by atoms with E-state index in [0.29, 0.717) is 17.5 Å². The maximum Gasteiger partial charge on any atom is 0.280 e.